The number of hydrogen-bond acceptors (Lipinski definition) is 5. The minimum absolute atomic E-state index is 0.264. The number of rotatable bonds is 3. The lowest BCUT2D eigenvalue weighted by Gasteiger charge is -2.21. The van der Waals surface area contributed by atoms with Crippen molar-refractivity contribution in [2.45, 2.75) is 37.9 Å². The zero-order chi connectivity index (χ0) is 14.9. The van der Waals surface area contributed by atoms with Gasteiger partial charge in [0.2, 0.25) is 11.7 Å². The van der Waals surface area contributed by atoms with Crippen molar-refractivity contribution in [3.63, 3.8) is 0 Å². The van der Waals surface area contributed by atoms with Crippen molar-refractivity contribution in [1.82, 2.24) is 20.4 Å². The highest BCUT2D eigenvalue weighted by atomic mass is 19.1. The molecular weight excluding hydrogens is 283 g/mol. The summed E-state index contributed by atoms with van der Waals surface area (Å²) in [5.41, 5.74) is 0.771. The van der Waals surface area contributed by atoms with Gasteiger partial charge in [-0.3, -0.25) is 4.90 Å². The number of benzene rings is 1. The zero-order valence-corrected chi connectivity index (χ0v) is 12.3. The van der Waals surface area contributed by atoms with Gasteiger partial charge in [-0.2, -0.15) is 4.98 Å². The summed E-state index contributed by atoms with van der Waals surface area (Å²) in [4.78, 5) is 6.81. The number of nitrogens with one attached hydrogen (secondary N) is 1. The Hall–Kier alpha value is -1.79. The van der Waals surface area contributed by atoms with Crippen LogP contribution in [0.2, 0.25) is 0 Å². The van der Waals surface area contributed by atoms with E-state index in [1.165, 1.54) is 31.4 Å². The second-order valence-corrected chi connectivity index (χ2v) is 6.18. The zero-order valence-electron chi connectivity index (χ0n) is 12.3. The second-order valence-electron chi connectivity index (χ2n) is 6.18. The number of nitrogens with zero attached hydrogens (tertiary/aromatic N) is 3. The van der Waals surface area contributed by atoms with Crippen LogP contribution >= 0.6 is 0 Å². The van der Waals surface area contributed by atoms with Crippen LogP contribution in [0, 0.1) is 5.82 Å². The van der Waals surface area contributed by atoms with E-state index in [2.05, 4.69) is 20.4 Å². The van der Waals surface area contributed by atoms with Gasteiger partial charge in [-0.15, -0.1) is 0 Å². The largest absolute Gasteiger partial charge is 0.338 e. The van der Waals surface area contributed by atoms with E-state index in [0.29, 0.717) is 30.3 Å². The van der Waals surface area contributed by atoms with Crippen molar-refractivity contribution >= 4 is 0 Å². The molecule has 0 saturated carbocycles. The van der Waals surface area contributed by atoms with Crippen LogP contribution in [-0.4, -0.2) is 40.2 Å². The van der Waals surface area contributed by atoms with Gasteiger partial charge in [-0.05, 0) is 43.5 Å². The molecule has 4 rings (SSSR count). The van der Waals surface area contributed by atoms with Gasteiger partial charge in [0.05, 0.1) is 6.54 Å². The molecule has 0 radical (unpaired) electrons. The van der Waals surface area contributed by atoms with Gasteiger partial charge >= 0.3 is 0 Å². The van der Waals surface area contributed by atoms with Crippen LogP contribution in [0.5, 0.6) is 0 Å². The Bertz CT molecular complexity index is 642. The monoisotopic (exact) mass is 302 g/mol. The third kappa shape index (κ3) is 2.89. The molecular formula is C16H19FN4O. The molecule has 3 heterocycles. The summed E-state index contributed by atoms with van der Waals surface area (Å²) in [5.74, 6) is 0.876. The van der Waals surface area contributed by atoms with Gasteiger partial charge in [-0.25, -0.2) is 4.39 Å². The van der Waals surface area contributed by atoms with Gasteiger partial charge in [0, 0.05) is 30.7 Å². The Morgan fingerprint density at radius 3 is 2.86 bits per heavy atom. The number of halogens is 1. The van der Waals surface area contributed by atoms with Crippen LogP contribution in [0.1, 0.15) is 25.2 Å². The van der Waals surface area contributed by atoms with Crippen LogP contribution in [0.15, 0.2) is 28.8 Å². The van der Waals surface area contributed by atoms with Crippen molar-refractivity contribution in [2.24, 2.45) is 0 Å². The second kappa shape index (κ2) is 5.78. The fourth-order valence-corrected chi connectivity index (χ4v) is 3.39. The molecule has 6 heteroatoms. The van der Waals surface area contributed by atoms with E-state index in [1.807, 2.05) is 0 Å². The summed E-state index contributed by atoms with van der Waals surface area (Å²) in [7, 11) is 0. The Balaban J connectivity index is 1.44. The molecule has 5 nitrogen and oxygen atoms in total. The molecule has 0 amide bonds. The molecule has 2 aliphatic heterocycles. The van der Waals surface area contributed by atoms with Crippen LogP contribution < -0.4 is 5.32 Å². The van der Waals surface area contributed by atoms with Crippen LogP contribution in [0.3, 0.4) is 0 Å². The highest BCUT2D eigenvalue weighted by molar-refractivity contribution is 5.53. The Kier molecular flexibility index (Phi) is 3.63. The molecule has 1 aromatic carbocycles. The maximum absolute atomic E-state index is 13.0. The summed E-state index contributed by atoms with van der Waals surface area (Å²) in [6.45, 7) is 2.77. The lowest BCUT2D eigenvalue weighted by atomic mass is 10.1. The number of aromatic nitrogens is 2. The minimum Gasteiger partial charge on any atom is -0.338 e. The molecule has 2 saturated heterocycles. The lowest BCUT2D eigenvalue weighted by molar-refractivity contribution is 0.216. The van der Waals surface area contributed by atoms with E-state index in [-0.39, 0.29) is 5.82 Å². The summed E-state index contributed by atoms with van der Waals surface area (Å²) in [6, 6.07) is 7.40. The van der Waals surface area contributed by atoms with Crippen LogP contribution in [0.4, 0.5) is 4.39 Å². The highest BCUT2D eigenvalue weighted by Crippen LogP contribution is 2.22. The van der Waals surface area contributed by atoms with E-state index in [9.17, 15) is 4.39 Å². The quantitative estimate of drug-likeness (QED) is 0.942. The molecule has 116 valence electrons. The molecule has 2 aromatic rings. The van der Waals surface area contributed by atoms with E-state index in [0.717, 1.165) is 18.7 Å². The predicted molar refractivity (Wildman–Crippen MR) is 79.5 cm³/mol. The standard InChI is InChI=1S/C16H19FN4O/c17-12-3-1-11(2-4-12)16-19-15(22-20-16)10-21-8-7-13-5-6-14(9-21)18-13/h1-4,13-14,18H,5-10H2. The first-order chi connectivity index (χ1) is 10.8. The molecule has 0 spiro atoms. The molecule has 2 bridgehead atoms. The summed E-state index contributed by atoms with van der Waals surface area (Å²) >= 11 is 0. The van der Waals surface area contributed by atoms with Crippen molar-refractivity contribution < 1.29 is 8.91 Å². The van der Waals surface area contributed by atoms with Gasteiger partial charge < -0.3 is 9.84 Å². The fourth-order valence-electron chi connectivity index (χ4n) is 3.39. The topological polar surface area (TPSA) is 54.2 Å². The Morgan fingerprint density at radius 2 is 2.00 bits per heavy atom. The first kappa shape index (κ1) is 13.8. The van der Waals surface area contributed by atoms with E-state index in [4.69, 9.17) is 4.52 Å². The average Bonchev–Trinajstić information content (AvgIpc) is 3.09. The highest BCUT2D eigenvalue weighted by Gasteiger charge is 2.29. The van der Waals surface area contributed by atoms with E-state index < -0.39 is 0 Å². The van der Waals surface area contributed by atoms with Crippen LogP contribution in [-0.2, 0) is 6.54 Å². The van der Waals surface area contributed by atoms with Gasteiger partial charge in [0.25, 0.3) is 0 Å². The van der Waals surface area contributed by atoms with Crippen molar-refractivity contribution in [3.8, 4) is 11.4 Å². The summed E-state index contributed by atoms with van der Waals surface area (Å²) in [6.07, 6.45) is 3.73. The Labute approximate surface area is 128 Å². The van der Waals surface area contributed by atoms with Gasteiger partial charge in [0.15, 0.2) is 0 Å². The van der Waals surface area contributed by atoms with E-state index >= 15 is 0 Å². The molecule has 1 aromatic heterocycles. The average molecular weight is 302 g/mol. The molecule has 22 heavy (non-hydrogen) atoms. The Morgan fingerprint density at radius 1 is 1.18 bits per heavy atom. The number of likely N-dealkylation sites (tertiary alicyclic amines) is 1. The maximum Gasteiger partial charge on any atom is 0.241 e. The molecule has 2 aliphatic rings. The third-order valence-electron chi connectivity index (χ3n) is 4.54. The maximum atomic E-state index is 13.0. The number of fused-ring (bicyclic) bond motifs is 2. The van der Waals surface area contributed by atoms with Gasteiger partial charge in [-0.1, -0.05) is 5.16 Å². The van der Waals surface area contributed by atoms with Gasteiger partial charge in [0.1, 0.15) is 5.82 Å². The van der Waals surface area contributed by atoms with Crippen molar-refractivity contribution in [3.05, 3.63) is 36.0 Å². The third-order valence-corrected chi connectivity index (χ3v) is 4.54. The van der Waals surface area contributed by atoms with Crippen LogP contribution in [0.25, 0.3) is 11.4 Å². The number of hydrogen-bond donors (Lipinski definition) is 1. The summed E-state index contributed by atoms with van der Waals surface area (Å²) < 4.78 is 18.3. The first-order valence-electron chi connectivity index (χ1n) is 7.83. The SMILES string of the molecule is Fc1ccc(-c2noc(CN3CCC4CCC(C3)N4)n2)cc1. The van der Waals surface area contributed by atoms with E-state index in [1.54, 1.807) is 12.1 Å². The molecule has 0 aliphatic carbocycles. The summed E-state index contributed by atoms with van der Waals surface area (Å²) in [5, 5.41) is 7.66. The molecule has 2 fully saturated rings. The molecule has 1 N–H and O–H groups in total. The smallest absolute Gasteiger partial charge is 0.241 e. The molecule has 2 unspecified atom stereocenters. The fraction of sp³-hybridized carbons (Fsp3) is 0.500. The lowest BCUT2D eigenvalue weighted by Crippen LogP contribution is -2.35. The first-order valence-corrected chi connectivity index (χ1v) is 7.83. The van der Waals surface area contributed by atoms with Crippen molar-refractivity contribution in [2.75, 3.05) is 13.1 Å². The van der Waals surface area contributed by atoms with Crippen molar-refractivity contribution in [1.29, 1.82) is 0 Å². The minimum atomic E-state index is -0.264. The molecule has 2 atom stereocenters. The predicted octanol–water partition coefficient (Wildman–Crippen LogP) is 2.20. The normalized spacial score (nSPS) is 25.3.